The molecule has 0 spiro atoms. The van der Waals surface area contributed by atoms with E-state index in [1.165, 1.54) is 21.0 Å². The fourth-order valence-electron chi connectivity index (χ4n) is 3.42. The number of carbonyl (C=O) groups excluding carboxylic acids is 3. The lowest BCUT2D eigenvalue weighted by Crippen LogP contribution is -2.51. The van der Waals surface area contributed by atoms with E-state index in [9.17, 15) is 19.5 Å². The Morgan fingerprint density at radius 2 is 1.72 bits per heavy atom. The summed E-state index contributed by atoms with van der Waals surface area (Å²) < 4.78 is 5.04. The van der Waals surface area contributed by atoms with Gasteiger partial charge in [-0.25, -0.2) is 0 Å². The van der Waals surface area contributed by atoms with E-state index in [-0.39, 0.29) is 29.6 Å². The van der Waals surface area contributed by atoms with Crippen molar-refractivity contribution in [3.63, 3.8) is 0 Å². The molecule has 0 aromatic heterocycles. The van der Waals surface area contributed by atoms with Crippen LogP contribution in [0.2, 0.25) is 0 Å². The Labute approximate surface area is 189 Å². The number of Topliss-reactive ketones (excluding diaryl/α,β-unsaturated/α-hetero) is 2. The van der Waals surface area contributed by atoms with Gasteiger partial charge < -0.3 is 20.5 Å². The molecular formula is C25H32N2O5. The summed E-state index contributed by atoms with van der Waals surface area (Å²) in [5, 5.41) is 15.8. The maximum absolute atomic E-state index is 12.8. The van der Waals surface area contributed by atoms with Crippen LogP contribution in [0.25, 0.3) is 0 Å². The van der Waals surface area contributed by atoms with Gasteiger partial charge in [-0.05, 0) is 62.9 Å². The van der Waals surface area contributed by atoms with Gasteiger partial charge in [-0.2, -0.15) is 0 Å². The standard InChI is InChI=1S/C25H32N2O5/c1-17(28)14-22(26-13-7-10-20-11-12-24(32-3)23(30)16-20)25(31)27-21(18(2)29)15-19-8-5-4-6-9-19/h4-6,8-9,11-12,16,21-22,26,30H,7,10,13-15H2,1-3H3,(H,27,31)/t21-,22-/m0/s1. The number of hydrogen-bond donors (Lipinski definition) is 3. The topological polar surface area (TPSA) is 105 Å². The zero-order chi connectivity index (χ0) is 23.5. The monoisotopic (exact) mass is 440 g/mol. The van der Waals surface area contributed by atoms with Crippen molar-refractivity contribution in [2.24, 2.45) is 0 Å². The Morgan fingerprint density at radius 3 is 2.31 bits per heavy atom. The van der Waals surface area contributed by atoms with Crippen molar-refractivity contribution in [3.05, 3.63) is 59.7 Å². The summed E-state index contributed by atoms with van der Waals surface area (Å²) in [6.45, 7) is 3.39. The van der Waals surface area contributed by atoms with E-state index in [4.69, 9.17) is 4.74 Å². The van der Waals surface area contributed by atoms with E-state index in [0.29, 0.717) is 31.6 Å². The zero-order valence-electron chi connectivity index (χ0n) is 18.9. The third-order valence-corrected chi connectivity index (χ3v) is 5.17. The fourth-order valence-corrected chi connectivity index (χ4v) is 3.42. The summed E-state index contributed by atoms with van der Waals surface area (Å²) in [6, 6.07) is 13.4. The van der Waals surface area contributed by atoms with Gasteiger partial charge in [-0.15, -0.1) is 0 Å². The summed E-state index contributed by atoms with van der Waals surface area (Å²) in [5.74, 6) is -0.109. The number of hydrogen-bond acceptors (Lipinski definition) is 6. The Kier molecular flexibility index (Phi) is 9.88. The molecule has 7 nitrogen and oxygen atoms in total. The summed E-state index contributed by atoms with van der Waals surface area (Å²) in [5.41, 5.74) is 1.89. The third kappa shape index (κ3) is 8.15. The molecule has 0 aliphatic heterocycles. The molecule has 0 fully saturated rings. The van der Waals surface area contributed by atoms with E-state index < -0.39 is 12.1 Å². The average molecular weight is 441 g/mol. The number of phenols is 1. The first-order valence-electron chi connectivity index (χ1n) is 10.7. The maximum atomic E-state index is 12.8. The zero-order valence-corrected chi connectivity index (χ0v) is 18.9. The Balaban J connectivity index is 1.92. The van der Waals surface area contributed by atoms with Crippen LogP contribution in [-0.4, -0.2) is 48.3 Å². The highest BCUT2D eigenvalue weighted by Gasteiger charge is 2.24. The van der Waals surface area contributed by atoms with Crippen molar-refractivity contribution in [2.75, 3.05) is 13.7 Å². The Morgan fingerprint density at radius 1 is 1.00 bits per heavy atom. The van der Waals surface area contributed by atoms with E-state index >= 15 is 0 Å². The number of ether oxygens (including phenoxy) is 1. The highest BCUT2D eigenvalue weighted by molar-refractivity contribution is 5.92. The maximum Gasteiger partial charge on any atom is 0.238 e. The molecule has 0 bridgehead atoms. The summed E-state index contributed by atoms with van der Waals surface area (Å²) >= 11 is 0. The number of rotatable bonds is 13. The summed E-state index contributed by atoms with van der Waals surface area (Å²) in [4.78, 5) is 36.6. The SMILES string of the molecule is COc1ccc(CCCN[C@@H](CC(C)=O)C(=O)N[C@@H](Cc2ccccc2)C(C)=O)cc1O. The quantitative estimate of drug-likeness (QED) is 0.414. The van der Waals surface area contributed by atoms with E-state index in [1.807, 2.05) is 36.4 Å². The van der Waals surface area contributed by atoms with Crippen molar-refractivity contribution in [1.82, 2.24) is 10.6 Å². The van der Waals surface area contributed by atoms with Gasteiger partial charge in [-0.1, -0.05) is 36.4 Å². The van der Waals surface area contributed by atoms with Crippen LogP contribution < -0.4 is 15.4 Å². The molecule has 0 saturated carbocycles. The van der Waals surface area contributed by atoms with Crippen LogP contribution in [-0.2, 0) is 27.2 Å². The number of nitrogens with one attached hydrogen (secondary N) is 2. The first-order valence-corrected chi connectivity index (χ1v) is 10.7. The molecule has 0 aliphatic carbocycles. The van der Waals surface area contributed by atoms with Gasteiger partial charge in [0.2, 0.25) is 5.91 Å². The molecule has 172 valence electrons. The minimum absolute atomic E-state index is 0.0467. The highest BCUT2D eigenvalue weighted by Crippen LogP contribution is 2.26. The van der Waals surface area contributed by atoms with Crippen molar-refractivity contribution >= 4 is 17.5 Å². The molecule has 2 aromatic rings. The van der Waals surface area contributed by atoms with Crippen molar-refractivity contribution < 1.29 is 24.2 Å². The Hall–Kier alpha value is -3.19. The van der Waals surface area contributed by atoms with Crippen molar-refractivity contribution in [1.29, 1.82) is 0 Å². The fraction of sp³-hybridized carbons (Fsp3) is 0.400. The summed E-state index contributed by atoms with van der Waals surface area (Å²) in [7, 11) is 1.50. The van der Waals surface area contributed by atoms with Gasteiger partial charge in [0, 0.05) is 6.42 Å². The summed E-state index contributed by atoms with van der Waals surface area (Å²) in [6.07, 6.45) is 1.83. The molecule has 7 heteroatoms. The molecule has 2 atom stereocenters. The molecule has 0 saturated heterocycles. The highest BCUT2D eigenvalue weighted by atomic mass is 16.5. The number of methoxy groups -OCH3 is 1. The van der Waals surface area contributed by atoms with E-state index in [1.54, 1.807) is 12.1 Å². The van der Waals surface area contributed by atoms with E-state index in [2.05, 4.69) is 10.6 Å². The Bertz CT molecular complexity index is 914. The molecule has 2 aromatic carbocycles. The van der Waals surface area contributed by atoms with Crippen LogP contribution in [0.1, 0.15) is 37.8 Å². The molecule has 0 heterocycles. The van der Waals surface area contributed by atoms with E-state index in [0.717, 1.165) is 11.1 Å². The second kappa shape index (κ2) is 12.6. The molecule has 3 N–H and O–H groups in total. The van der Waals surface area contributed by atoms with Crippen LogP contribution in [0.4, 0.5) is 0 Å². The molecule has 2 rings (SSSR count). The third-order valence-electron chi connectivity index (χ3n) is 5.17. The average Bonchev–Trinajstić information content (AvgIpc) is 2.75. The molecule has 0 radical (unpaired) electrons. The number of phenolic OH excluding ortho intramolecular Hbond substituents is 1. The lowest BCUT2D eigenvalue weighted by atomic mass is 10.0. The number of aryl methyl sites for hydroxylation is 1. The predicted molar refractivity (Wildman–Crippen MR) is 123 cm³/mol. The van der Waals surface area contributed by atoms with Crippen LogP contribution in [0, 0.1) is 0 Å². The number of benzene rings is 2. The largest absolute Gasteiger partial charge is 0.504 e. The number of carbonyl (C=O) groups is 3. The molecule has 0 aliphatic rings. The smallest absolute Gasteiger partial charge is 0.238 e. The molecular weight excluding hydrogens is 408 g/mol. The van der Waals surface area contributed by atoms with Gasteiger partial charge in [0.15, 0.2) is 17.3 Å². The van der Waals surface area contributed by atoms with Gasteiger partial charge in [0.1, 0.15) is 5.78 Å². The minimum atomic E-state index is -0.714. The molecule has 0 unspecified atom stereocenters. The van der Waals surface area contributed by atoms with Crippen molar-refractivity contribution in [2.45, 2.75) is 51.6 Å². The van der Waals surface area contributed by atoms with Gasteiger partial charge in [-0.3, -0.25) is 14.4 Å². The second-order valence-electron chi connectivity index (χ2n) is 7.88. The van der Waals surface area contributed by atoms with Crippen molar-refractivity contribution in [3.8, 4) is 11.5 Å². The number of aromatic hydroxyl groups is 1. The predicted octanol–water partition coefficient (Wildman–Crippen LogP) is 2.59. The molecule has 32 heavy (non-hydrogen) atoms. The number of amides is 1. The normalized spacial score (nSPS) is 12.6. The van der Waals surface area contributed by atoms with Gasteiger partial charge in [0.05, 0.1) is 19.2 Å². The van der Waals surface area contributed by atoms with Crippen LogP contribution in [0.15, 0.2) is 48.5 Å². The number of ketones is 2. The minimum Gasteiger partial charge on any atom is -0.504 e. The first kappa shape index (κ1) is 25.1. The van der Waals surface area contributed by atoms with Crippen LogP contribution in [0.5, 0.6) is 11.5 Å². The van der Waals surface area contributed by atoms with Crippen LogP contribution in [0.3, 0.4) is 0 Å². The van der Waals surface area contributed by atoms with Gasteiger partial charge in [0.25, 0.3) is 0 Å². The first-order chi connectivity index (χ1) is 15.3. The second-order valence-corrected chi connectivity index (χ2v) is 7.88. The lowest BCUT2D eigenvalue weighted by Gasteiger charge is -2.22. The van der Waals surface area contributed by atoms with Gasteiger partial charge >= 0.3 is 0 Å². The van der Waals surface area contributed by atoms with Crippen LogP contribution >= 0.6 is 0 Å². The molecule has 1 amide bonds. The lowest BCUT2D eigenvalue weighted by molar-refractivity contribution is -0.129.